The van der Waals surface area contributed by atoms with Crippen molar-refractivity contribution >= 4 is 22.2 Å². The number of hydrogen-bond donors (Lipinski definition) is 2. The molecule has 0 saturated heterocycles. The van der Waals surface area contributed by atoms with Crippen molar-refractivity contribution in [2.45, 2.75) is 0 Å². The highest BCUT2D eigenvalue weighted by molar-refractivity contribution is 6.14. The second-order valence-corrected chi connectivity index (χ2v) is 10.9. The summed E-state index contributed by atoms with van der Waals surface area (Å²) < 4.78 is 0. The zero-order chi connectivity index (χ0) is 31.3. The van der Waals surface area contributed by atoms with Crippen molar-refractivity contribution in [2.24, 2.45) is 0 Å². The Balaban J connectivity index is 1.31. The van der Waals surface area contributed by atoms with Crippen LogP contribution in [0, 0.1) is 10.8 Å². The third kappa shape index (κ3) is 6.03. The molecule has 0 spiro atoms. The second-order valence-electron chi connectivity index (χ2n) is 10.9. The molecule has 2 N–H and O–H groups in total. The van der Waals surface area contributed by atoms with Crippen LogP contribution in [0.2, 0.25) is 0 Å². The van der Waals surface area contributed by atoms with Gasteiger partial charge in [-0.25, -0.2) is 15.0 Å². The fourth-order valence-corrected chi connectivity index (χ4v) is 5.40. The smallest absolute Gasteiger partial charge is 0.164 e. The van der Waals surface area contributed by atoms with Gasteiger partial charge in [0.2, 0.25) is 0 Å². The number of aromatic nitrogens is 3. The average molecular weight is 592 g/mol. The van der Waals surface area contributed by atoms with E-state index in [0.717, 1.165) is 49.7 Å². The fraction of sp³-hybridized carbons (Fsp3) is 0. The summed E-state index contributed by atoms with van der Waals surface area (Å²) in [6.07, 6.45) is 3.34. The molecule has 6 aromatic carbocycles. The van der Waals surface area contributed by atoms with Crippen molar-refractivity contribution in [1.29, 1.82) is 10.8 Å². The number of nitrogens with one attached hydrogen (secondary N) is 2. The first-order valence-corrected chi connectivity index (χ1v) is 15.0. The van der Waals surface area contributed by atoms with Gasteiger partial charge in [-0.1, -0.05) is 140 Å². The van der Waals surface area contributed by atoms with E-state index in [1.165, 1.54) is 0 Å². The number of allylic oxidation sites excluding steroid dienone is 2. The summed E-state index contributed by atoms with van der Waals surface area (Å²) in [5.41, 5.74) is 6.99. The molecule has 5 heteroatoms. The van der Waals surface area contributed by atoms with Crippen molar-refractivity contribution in [3.63, 3.8) is 0 Å². The van der Waals surface area contributed by atoms with Gasteiger partial charge in [0.15, 0.2) is 17.5 Å². The first kappa shape index (κ1) is 28.4. The van der Waals surface area contributed by atoms with E-state index in [2.05, 4.69) is 24.3 Å². The maximum atomic E-state index is 8.65. The molecular weight excluding hydrogens is 562 g/mol. The van der Waals surface area contributed by atoms with E-state index in [-0.39, 0.29) is 0 Å². The molecule has 0 aliphatic carbocycles. The van der Waals surface area contributed by atoms with Crippen LogP contribution in [0.5, 0.6) is 0 Å². The molecule has 0 fully saturated rings. The van der Waals surface area contributed by atoms with Crippen LogP contribution in [0.15, 0.2) is 164 Å². The van der Waals surface area contributed by atoms with Crippen LogP contribution in [0.3, 0.4) is 0 Å². The molecule has 1 aromatic heterocycles. The lowest BCUT2D eigenvalue weighted by molar-refractivity contribution is 1.07. The van der Waals surface area contributed by atoms with Crippen molar-refractivity contribution in [1.82, 2.24) is 15.0 Å². The Kier molecular flexibility index (Phi) is 7.87. The van der Waals surface area contributed by atoms with Gasteiger partial charge in [-0.2, -0.15) is 0 Å². The summed E-state index contributed by atoms with van der Waals surface area (Å²) in [5.74, 6) is 1.81. The molecule has 0 radical (unpaired) electrons. The van der Waals surface area contributed by atoms with E-state index in [9.17, 15) is 0 Å². The molecule has 7 aromatic rings. The third-order valence-electron chi connectivity index (χ3n) is 7.83. The van der Waals surface area contributed by atoms with Crippen LogP contribution in [0.4, 0.5) is 0 Å². The number of rotatable bonds is 8. The SMILES string of the molecule is N=C(/C=C\C(=N)c1ccc(-c2cc3ccccc3cc2-c2nc(-c3ccccc3)nc(-c3ccccc3)n2)cc1)c1ccccc1. The standard InChI is InChI=1S/C41H29N5/c42-37(29-12-4-1-5-13-29)24-25-38(43)30-22-20-28(21-23-30)35-26-33-18-10-11-19-34(33)27-36(35)41-45-39(31-14-6-2-7-15-31)44-40(46-41)32-16-8-3-9-17-32/h1-27,42-43H/b25-24-,42-37?,43-38?. The molecule has 0 saturated carbocycles. The van der Waals surface area contributed by atoms with Crippen LogP contribution in [-0.2, 0) is 0 Å². The Morgan fingerprint density at radius 1 is 0.391 bits per heavy atom. The van der Waals surface area contributed by atoms with Crippen molar-refractivity contribution in [3.8, 4) is 45.3 Å². The monoisotopic (exact) mass is 591 g/mol. The number of hydrogen-bond acceptors (Lipinski definition) is 5. The van der Waals surface area contributed by atoms with E-state index < -0.39 is 0 Å². The number of fused-ring (bicyclic) bond motifs is 1. The van der Waals surface area contributed by atoms with E-state index in [1.54, 1.807) is 12.2 Å². The summed E-state index contributed by atoms with van der Waals surface area (Å²) in [6, 6.07) is 50.1. The summed E-state index contributed by atoms with van der Waals surface area (Å²) in [4.78, 5) is 14.9. The maximum absolute atomic E-state index is 8.65. The number of nitrogens with zero attached hydrogens (tertiary/aromatic N) is 3. The van der Waals surface area contributed by atoms with Gasteiger partial charge in [0.05, 0.1) is 11.4 Å². The molecule has 0 unspecified atom stereocenters. The van der Waals surface area contributed by atoms with Crippen molar-refractivity contribution in [2.75, 3.05) is 0 Å². The zero-order valence-electron chi connectivity index (χ0n) is 24.9. The average Bonchev–Trinajstić information content (AvgIpc) is 3.14. The number of benzene rings is 6. The topological polar surface area (TPSA) is 86.4 Å². The van der Waals surface area contributed by atoms with Gasteiger partial charge in [0, 0.05) is 16.7 Å². The second kappa shape index (κ2) is 12.7. The summed E-state index contributed by atoms with van der Waals surface area (Å²) in [5, 5.41) is 19.2. The Bertz CT molecular complexity index is 2150. The molecular formula is C41H29N5. The van der Waals surface area contributed by atoms with Crippen molar-refractivity contribution in [3.05, 3.63) is 175 Å². The normalized spacial score (nSPS) is 11.1. The van der Waals surface area contributed by atoms with E-state index in [1.807, 2.05) is 127 Å². The van der Waals surface area contributed by atoms with Crippen molar-refractivity contribution < 1.29 is 0 Å². The predicted octanol–water partition coefficient (Wildman–Crippen LogP) is 9.68. The molecule has 218 valence electrons. The minimum atomic E-state index is 0.337. The summed E-state index contributed by atoms with van der Waals surface area (Å²) in [7, 11) is 0. The van der Waals surface area contributed by atoms with Gasteiger partial charge in [0.25, 0.3) is 0 Å². The van der Waals surface area contributed by atoms with E-state index in [4.69, 9.17) is 25.8 Å². The summed E-state index contributed by atoms with van der Waals surface area (Å²) in [6.45, 7) is 0. The van der Waals surface area contributed by atoms with Gasteiger partial charge in [-0.15, -0.1) is 0 Å². The highest BCUT2D eigenvalue weighted by atomic mass is 15.0. The largest absolute Gasteiger partial charge is 0.300 e. The third-order valence-corrected chi connectivity index (χ3v) is 7.83. The summed E-state index contributed by atoms with van der Waals surface area (Å²) >= 11 is 0. The van der Waals surface area contributed by atoms with Gasteiger partial charge < -0.3 is 10.8 Å². The molecule has 0 atom stereocenters. The van der Waals surface area contributed by atoms with E-state index >= 15 is 0 Å². The van der Waals surface area contributed by atoms with Gasteiger partial charge >= 0.3 is 0 Å². The van der Waals surface area contributed by atoms with E-state index in [0.29, 0.717) is 28.9 Å². The molecule has 0 bridgehead atoms. The lowest BCUT2D eigenvalue weighted by Crippen LogP contribution is -2.01. The molecule has 0 amide bonds. The quantitative estimate of drug-likeness (QED) is 0.173. The van der Waals surface area contributed by atoms with Crippen LogP contribution in [-0.4, -0.2) is 26.4 Å². The van der Waals surface area contributed by atoms with Crippen LogP contribution in [0.1, 0.15) is 11.1 Å². The molecule has 5 nitrogen and oxygen atoms in total. The first-order valence-electron chi connectivity index (χ1n) is 15.0. The van der Waals surface area contributed by atoms with Gasteiger partial charge in [-0.3, -0.25) is 0 Å². The molecule has 0 aliphatic rings. The Labute approximate surface area is 267 Å². The molecule has 1 heterocycles. The predicted molar refractivity (Wildman–Crippen MR) is 188 cm³/mol. The first-order chi connectivity index (χ1) is 22.6. The molecule has 7 rings (SSSR count). The lowest BCUT2D eigenvalue weighted by Gasteiger charge is -2.14. The zero-order valence-corrected chi connectivity index (χ0v) is 24.9. The highest BCUT2D eigenvalue weighted by Crippen LogP contribution is 2.36. The molecule has 46 heavy (non-hydrogen) atoms. The Morgan fingerprint density at radius 2 is 0.804 bits per heavy atom. The maximum Gasteiger partial charge on any atom is 0.164 e. The minimum absolute atomic E-state index is 0.337. The minimum Gasteiger partial charge on any atom is -0.300 e. The Morgan fingerprint density at radius 3 is 1.33 bits per heavy atom. The van der Waals surface area contributed by atoms with Crippen LogP contribution >= 0.6 is 0 Å². The van der Waals surface area contributed by atoms with Crippen LogP contribution in [0.25, 0.3) is 56.1 Å². The van der Waals surface area contributed by atoms with Crippen LogP contribution < -0.4 is 0 Å². The fourth-order valence-electron chi connectivity index (χ4n) is 5.40. The lowest BCUT2D eigenvalue weighted by atomic mass is 9.94. The Hall–Kier alpha value is -6.33. The van der Waals surface area contributed by atoms with Gasteiger partial charge in [0.1, 0.15) is 0 Å². The molecule has 0 aliphatic heterocycles. The van der Waals surface area contributed by atoms with Gasteiger partial charge in [-0.05, 0) is 57.3 Å². The highest BCUT2D eigenvalue weighted by Gasteiger charge is 2.17.